The lowest BCUT2D eigenvalue weighted by atomic mass is 10.1. The molecule has 0 aliphatic rings. The fourth-order valence-corrected chi connectivity index (χ4v) is 1.47. The predicted octanol–water partition coefficient (Wildman–Crippen LogP) is 2.91. The number of thiocarbonyl (C=S) groups is 1. The normalized spacial score (nSPS) is 11.7. The molecular formula is C11H11F4NOS. The lowest BCUT2D eigenvalue weighted by Gasteiger charge is -2.16. The number of nitrogens with two attached hydrogens (primary N) is 1. The number of rotatable bonds is 5. The zero-order valence-electron chi connectivity index (χ0n) is 9.42. The summed E-state index contributed by atoms with van der Waals surface area (Å²) in [6.07, 6.45) is -3.76. The molecular weight excluding hydrogens is 270 g/mol. The lowest BCUT2D eigenvalue weighted by molar-refractivity contribution is -0.148. The number of alkyl halides is 4. The predicted molar refractivity (Wildman–Crippen MR) is 63.5 cm³/mol. The van der Waals surface area contributed by atoms with Crippen LogP contribution in [-0.4, -0.2) is 23.9 Å². The fraction of sp³-hybridized carbons (Fsp3) is 0.364. The van der Waals surface area contributed by atoms with E-state index in [-0.39, 0.29) is 10.7 Å². The highest BCUT2D eigenvalue weighted by atomic mass is 32.1. The highest BCUT2D eigenvalue weighted by molar-refractivity contribution is 7.80. The van der Waals surface area contributed by atoms with Gasteiger partial charge in [-0.25, -0.2) is 8.78 Å². The smallest absolute Gasteiger partial charge is 0.340 e. The van der Waals surface area contributed by atoms with Gasteiger partial charge in [0, 0.05) is 5.56 Å². The molecule has 0 saturated heterocycles. The Kier molecular flexibility index (Phi) is 4.50. The molecule has 1 rings (SSSR count). The minimum atomic E-state index is -4.17. The van der Waals surface area contributed by atoms with Gasteiger partial charge in [-0.15, -0.1) is 0 Å². The number of aryl methyl sites for hydroxylation is 1. The average molecular weight is 281 g/mol. The summed E-state index contributed by atoms with van der Waals surface area (Å²) in [6, 6.07) is 4.26. The van der Waals surface area contributed by atoms with Crippen LogP contribution in [0.25, 0.3) is 0 Å². The number of benzene rings is 1. The number of hydrogen-bond acceptors (Lipinski definition) is 2. The van der Waals surface area contributed by atoms with Crippen LogP contribution in [0.4, 0.5) is 17.6 Å². The summed E-state index contributed by atoms with van der Waals surface area (Å²) in [7, 11) is 0. The summed E-state index contributed by atoms with van der Waals surface area (Å²) >= 11 is 4.77. The van der Waals surface area contributed by atoms with Crippen LogP contribution in [0.1, 0.15) is 11.1 Å². The molecule has 7 heteroatoms. The topological polar surface area (TPSA) is 35.2 Å². The third-order valence-electron chi connectivity index (χ3n) is 2.21. The van der Waals surface area contributed by atoms with Crippen LogP contribution in [0.2, 0.25) is 0 Å². The van der Waals surface area contributed by atoms with Crippen LogP contribution in [0.5, 0.6) is 5.75 Å². The highest BCUT2D eigenvalue weighted by Crippen LogP contribution is 2.25. The van der Waals surface area contributed by atoms with E-state index in [4.69, 9.17) is 18.0 Å². The Morgan fingerprint density at radius 2 is 2.06 bits per heavy atom. The molecule has 0 saturated carbocycles. The van der Waals surface area contributed by atoms with Crippen LogP contribution < -0.4 is 10.5 Å². The molecule has 100 valence electrons. The van der Waals surface area contributed by atoms with Crippen molar-refractivity contribution >= 4 is 17.2 Å². The molecule has 0 spiro atoms. The quantitative estimate of drug-likeness (QED) is 0.666. The van der Waals surface area contributed by atoms with Crippen LogP contribution in [-0.2, 0) is 0 Å². The van der Waals surface area contributed by atoms with Gasteiger partial charge >= 0.3 is 12.3 Å². The molecule has 2 N–H and O–H groups in total. The minimum absolute atomic E-state index is 0.0628. The third kappa shape index (κ3) is 3.56. The molecule has 0 amide bonds. The Morgan fingerprint density at radius 3 is 2.50 bits per heavy atom. The van der Waals surface area contributed by atoms with Gasteiger partial charge in [0.25, 0.3) is 0 Å². The number of hydrogen-bond donors (Lipinski definition) is 1. The maximum absolute atomic E-state index is 12.6. The van der Waals surface area contributed by atoms with E-state index in [1.165, 1.54) is 18.2 Å². The van der Waals surface area contributed by atoms with Crippen LogP contribution in [0.3, 0.4) is 0 Å². The molecule has 1 aromatic rings. The lowest BCUT2D eigenvalue weighted by Crippen LogP contribution is -2.33. The summed E-state index contributed by atoms with van der Waals surface area (Å²) in [5.74, 6) is -4.11. The molecule has 0 fully saturated rings. The van der Waals surface area contributed by atoms with Gasteiger partial charge in [-0.2, -0.15) is 8.78 Å². The second-order valence-corrected chi connectivity index (χ2v) is 4.13. The van der Waals surface area contributed by atoms with E-state index < -0.39 is 19.0 Å². The molecule has 0 heterocycles. The molecule has 18 heavy (non-hydrogen) atoms. The zero-order chi connectivity index (χ0) is 13.9. The Hall–Kier alpha value is -1.37. The molecule has 0 unspecified atom stereocenters. The fourth-order valence-electron chi connectivity index (χ4n) is 1.24. The average Bonchev–Trinajstić information content (AvgIpc) is 2.25. The van der Waals surface area contributed by atoms with Crippen molar-refractivity contribution in [3.05, 3.63) is 29.3 Å². The summed E-state index contributed by atoms with van der Waals surface area (Å²) in [5.41, 5.74) is 6.63. The summed E-state index contributed by atoms with van der Waals surface area (Å²) in [6.45, 7) is 0.281. The van der Waals surface area contributed by atoms with Crippen molar-refractivity contribution in [1.82, 2.24) is 0 Å². The van der Waals surface area contributed by atoms with E-state index in [0.717, 1.165) is 0 Å². The second-order valence-electron chi connectivity index (χ2n) is 3.69. The van der Waals surface area contributed by atoms with Gasteiger partial charge in [-0.1, -0.05) is 12.2 Å². The van der Waals surface area contributed by atoms with Crippen molar-refractivity contribution in [3.63, 3.8) is 0 Å². The maximum atomic E-state index is 12.6. The van der Waals surface area contributed by atoms with Gasteiger partial charge in [-0.05, 0) is 30.7 Å². The number of ether oxygens (including phenoxy) is 1. The van der Waals surface area contributed by atoms with Crippen molar-refractivity contribution in [2.45, 2.75) is 19.3 Å². The van der Waals surface area contributed by atoms with Crippen molar-refractivity contribution in [1.29, 1.82) is 0 Å². The van der Waals surface area contributed by atoms with Crippen molar-refractivity contribution in [2.75, 3.05) is 6.61 Å². The molecule has 0 aliphatic heterocycles. The van der Waals surface area contributed by atoms with Gasteiger partial charge in [0.15, 0.2) is 6.61 Å². The molecule has 0 radical (unpaired) electrons. The van der Waals surface area contributed by atoms with Crippen LogP contribution >= 0.6 is 12.2 Å². The van der Waals surface area contributed by atoms with E-state index in [0.29, 0.717) is 11.1 Å². The van der Waals surface area contributed by atoms with E-state index >= 15 is 0 Å². The van der Waals surface area contributed by atoms with Gasteiger partial charge < -0.3 is 10.5 Å². The van der Waals surface area contributed by atoms with E-state index in [9.17, 15) is 17.6 Å². The van der Waals surface area contributed by atoms with Crippen LogP contribution in [0, 0.1) is 6.92 Å². The standard InChI is InChI=1S/C11H11F4NOS/c1-6-4-7(2-3-8(6)9(16)18)17-5-11(14,15)10(12)13/h2-4,10H,5H2,1H3,(H2,16,18). The highest BCUT2D eigenvalue weighted by Gasteiger charge is 2.41. The monoisotopic (exact) mass is 281 g/mol. The molecule has 0 aliphatic carbocycles. The first kappa shape index (κ1) is 14.7. The first-order chi connectivity index (χ1) is 8.24. The molecule has 0 aromatic heterocycles. The van der Waals surface area contributed by atoms with Gasteiger partial charge in [-0.3, -0.25) is 0 Å². The van der Waals surface area contributed by atoms with E-state index in [1.807, 2.05) is 0 Å². The van der Waals surface area contributed by atoms with Crippen molar-refractivity contribution in [3.8, 4) is 5.75 Å². The Morgan fingerprint density at radius 1 is 1.44 bits per heavy atom. The zero-order valence-corrected chi connectivity index (χ0v) is 10.2. The first-order valence-corrected chi connectivity index (χ1v) is 5.34. The Bertz CT molecular complexity index is 451. The summed E-state index contributed by atoms with van der Waals surface area (Å²) < 4.78 is 53.7. The van der Waals surface area contributed by atoms with E-state index in [2.05, 4.69) is 4.74 Å². The molecule has 0 bridgehead atoms. The van der Waals surface area contributed by atoms with Gasteiger partial charge in [0.2, 0.25) is 0 Å². The summed E-state index contributed by atoms with van der Waals surface area (Å²) in [4.78, 5) is 0.164. The number of halogens is 4. The third-order valence-corrected chi connectivity index (χ3v) is 2.43. The maximum Gasteiger partial charge on any atom is 0.340 e. The van der Waals surface area contributed by atoms with Crippen molar-refractivity contribution < 1.29 is 22.3 Å². The van der Waals surface area contributed by atoms with E-state index in [1.54, 1.807) is 6.92 Å². The minimum Gasteiger partial charge on any atom is -0.487 e. The Balaban J connectivity index is 2.76. The molecule has 0 atom stereocenters. The van der Waals surface area contributed by atoms with Gasteiger partial charge in [0.05, 0.1) is 0 Å². The van der Waals surface area contributed by atoms with Crippen LogP contribution in [0.15, 0.2) is 18.2 Å². The second kappa shape index (κ2) is 5.51. The Labute approximate surface area is 107 Å². The summed E-state index contributed by atoms with van der Waals surface area (Å²) in [5, 5.41) is 0. The SMILES string of the molecule is Cc1cc(OCC(F)(F)C(F)F)ccc1C(N)=S. The van der Waals surface area contributed by atoms with Gasteiger partial charge in [0.1, 0.15) is 10.7 Å². The first-order valence-electron chi connectivity index (χ1n) is 4.93. The van der Waals surface area contributed by atoms with Crippen molar-refractivity contribution in [2.24, 2.45) is 5.73 Å². The molecule has 2 nitrogen and oxygen atoms in total. The molecule has 1 aromatic carbocycles. The largest absolute Gasteiger partial charge is 0.487 e.